The van der Waals surface area contributed by atoms with Gasteiger partial charge in [-0.15, -0.1) is 0 Å². The number of aromatic nitrogens is 2. The van der Waals surface area contributed by atoms with Crippen LogP contribution in [0.15, 0.2) is 36.7 Å². The Morgan fingerprint density at radius 2 is 1.87 bits per heavy atom. The van der Waals surface area contributed by atoms with Crippen molar-refractivity contribution in [3.05, 3.63) is 58.6 Å². The molecule has 1 aromatic carbocycles. The number of hydrogen-bond donors (Lipinski definition) is 2. The number of nitrogens with zero attached hydrogens (tertiary/aromatic N) is 2. The molecule has 0 radical (unpaired) electrons. The van der Waals surface area contributed by atoms with E-state index in [9.17, 15) is 18.4 Å². The lowest BCUT2D eigenvalue weighted by molar-refractivity contribution is -0.143. The summed E-state index contributed by atoms with van der Waals surface area (Å²) in [5.74, 6) is -0.682. The highest BCUT2D eigenvalue weighted by atomic mass is 35.5. The molecule has 0 aliphatic heterocycles. The van der Waals surface area contributed by atoms with E-state index in [4.69, 9.17) is 16.3 Å². The van der Waals surface area contributed by atoms with E-state index in [1.807, 2.05) is 12.1 Å². The maximum absolute atomic E-state index is 12.5. The lowest BCUT2D eigenvalue weighted by Crippen LogP contribution is -2.84. The van der Waals surface area contributed by atoms with Crippen LogP contribution < -0.4 is 10.6 Å². The summed E-state index contributed by atoms with van der Waals surface area (Å²) in [7, 11) is 0. The topological polar surface area (TPSA) is 93.2 Å². The zero-order valence-electron chi connectivity index (χ0n) is 15.8. The first kappa shape index (κ1) is 20.6. The summed E-state index contributed by atoms with van der Waals surface area (Å²) in [5, 5.41) is 6.44. The van der Waals surface area contributed by atoms with Crippen LogP contribution in [0, 0.1) is 0 Å². The first-order valence-corrected chi connectivity index (χ1v) is 9.72. The molecule has 3 fully saturated rings. The van der Waals surface area contributed by atoms with E-state index in [-0.39, 0.29) is 30.4 Å². The number of carbonyl (C=O) groups is 2. The maximum atomic E-state index is 12.5. The number of halogens is 3. The zero-order valence-corrected chi connectivity index (χ0v) is 16.6. The Hall–Kier alpha value is -2.65. The standard InChI is InChI=1S/C20H19ClF2N4O3/c21-13-3-1-2-12(4-13)7-30-8-16(28)26-19-9-20(10-19,11-19)27-18(29)15-6-24-14(5-25-15)17(22)23/h1-6,17H,7-11H2,(H,26,28)(H,27,29). The molecule has 3 aliphatic carbocycles. The van der Waals surface area contributed by atoms with Crippen LogP contribution in [0.2, 0.25) is 5.02 Å². The second kappa shape index (κ2) is 7.88. The molecule has 30 heavy (non-hydrogen) atoms. The molecule has 5 rings (SSSR count). The summed E-state index contributed by atoms with van der Waals surface area (Å²) in [5.41, 5.74) is -0.329. The van der Waals surface area contributed by atoms with Gasteiger partial charge < -0.3 is 15.4 Å². The van der Waals surface area contributed by atoms with Gasteiger partial charge in [0.25, 0.3) is 12.3 Å². The maximum Gasteiger partial charge on any atom is 0.281 e. The highest BCUT2D eigenvalue weighted by Gasteiger charge is 2.69. The van der Waals surface area contributed by atoms with Gasteiger partial charge in [0.05, 0.1) is 19.0 Å². The van der Waals surface area contributed by atoms with Gasteiger partial charge >= 0.3 is 0 Å². The highest BCUT2D eigenvalue weighted by Crippen LogP contribution is 2.60. The molecule has 10 heteroatoms. The SMILES string of the molecule is O=C(COCc1cccc(Cl)c1)NC12CC(NC(=O)c3cnc(C(F)F)cn3)(C1)C2. The summed E-state index contributed by atoms with van der Waals surface area (Å²) in [6.07, 6.45) is 1.02. The molecule has 3 aliphatic rings. The van der Waals surface area contributed by atoms with Crippen LogP contribution in [0.25, 0.3) is 0 Å². The lowest BCUT2D eigenvalue weighted by atomic mass is 9.44. The van der Waals surface area contributed by atoms with E-state index in [2.05, 4.69) is 20.6 Å². The predicted molar refractivity (Wildman–Crippen MR) is 103 cm³/mol. The van der Waals surface area contributed by atoms with Crippen molar-refractivity contribution in [1.82, 2.24) is 20.6 Å². The minimum absolute atomic E-state index is 0.0170. The van der Waals surface area contributed by atoms with Crippen molar-refractivity contribution in [3.8, 4) is 0 Å². The Labute approximate surface area is 176 Å². The molecule has 158 valence electrons. The minimum atomic E-state index is -2.73. The lowest BCUT2D eigenvalue weighted by Gasteiger charge is -2.70. The van der Waals surface area contributed by atoms with E-state index in [1.54, 1.807) is 12.1 Å². The molecule has 3 saturated carbocycles. The molecule has 0 atom stereocenters. The third-order valence-corrected chi connectivity index (χ3v) is 5.57. The molecule has 7 nitrogen and oxygen atoms in total. The second-order valence-electron chi connectivity index (χ2n) is 7.84. The summed E-state index contributed by atoms with van der Waals surface area (Å²) >= 11 is 5.91. The quantitative estimate of drug-likeness (QED) is 0.663. The highest BCUT2D eigenvalue weighted by molar-refractivity contribution is 6.30. The average Bonchev–Trinajstić information content (AvgIpc) is 2.65. The van der Waals surface area contributed by atoms with Crippen molar-refractivity contribution in [2.45, 2.75) is 43.4 Å². The van der Waals surface area contributed by atoms with Crippen LogP contribution in [0.5, 0.6) is 0 Å². The Morgan fingerprint density at radius 3 is 2.50 bits per heavy atom. The summed E-state index contributed by atoms with van der Waals surface area (Å²) in [6, 6.07) is 7.22. The molecule has 0 saturated heterocycles. The van der Waals surface area contributed by atoms with Crippen molar-refractivity contribution in [2.75, 3.05) is 6.61 Å². The number of alkyl halides is 2. The third kappa shape index (κ3) is 4.27. The number of rotatable bonds is 8. The van der Waals surface area contributed by atoms with E-state index in [0.29, 0.717) is 24.3 Å². The Morgan fingerprint density at radius 1 is 1.13 bits per heavy atom. The second-order valence-corrected chi connectivity index (χ2v) is 8.28. The monoisotopic (exact) mass is 436 g/mol. The molecule has 2 N–H and O–H groups in total. The molecule has 2 bridgehead atoms. The van der Waals surface area contributed by atoms with Crippen molar-refractivity contribution >= 4 is 23.4 Å². The van der Waals surface area contributed by atoms with Crippen molar-refractivity contribution in [1.29, 1.82) is 0 Å². The van der Waals surface area contributed by atoms with Crippen LogP contribution in [0.4, 0.5) is 8.78 Å². The predicted octanol–water partition coefficient (Wildman–Crippen LogP) is 2.81. The van der Waals surface area contributed by atoms with Crippen molar-refractivity contribution in [3.63, 3.8) is 0 Å². The summed E-state index contributed by atoms with van der Waals surface area (Å²) in [4.78, 5) is 31.7. The minimum Gasteiger partial charge on any atom is -0.367 e. The van der Waals surface area contributed by atoms with Crippen LogP contribution in [0.3, 0.4) is 0 Å². The van der Waals surface area contributed by atoms with Gasteiger partial charge in [-0.05, 0) is 37.0 Å². The Kier molecular flexibility index (Phi) is 5.42. The third-order valence-electron chi connectivity index (χ3n) is 5.33. The Balaban J connectivity index is 1.20. The number of benzene rings is 1. The fourth-order valence-electron chi connectivity index (χ4n) is 4.15. The van der Waals surface area contributed by atoms with Crippen LogP contribution in [0.1, 0.15) is 47.4 Å². The fraction of sp³-hybridized carbons (Fsp3) is 0.400. The van der Waals surface area contributed by atoms with Gasteiger partial charge in [0, 0.05) is 16.1 Å². The molecular formula is C20H19ClF2N4O3. The number of carbonyl (C=O) groups excluding carboxylic acids is 2. The molecule has 2 aromatic rings. The van der Waals surface area contributed by atoms with Crippen molar-refractivity contribution < 1.29 is 23.1 Å². The molecule has 1 aromatic heterocycles. The Bertz CT molecular complexity index is 951. The van der Waals surface area contributed by atoms with Crippen LogP contribution in [-0.2, 0) is 16.1 Å². The zero-order chi connectivity index (χ0) is 21.4. The summed E-state index contributed by atoms with van der Waals surface area (Å²) in [6.45, 7) is 0.214. The smallest absolute Gasteiger partial charge is 0.281 e. The number of amides is 2. The van der Waals surface area contributed by atoms with E-state index in [1.165, 1.54) is 0 Å². The van der Waals surface area contributed by atoms with Crippen LogP contribution >= 0.6 is 11.6 Å². The largest absolute Gasteiger partial charge is 0.367 e. The van der Waals surface area contributed by atoms with Gasteiger partial charge in [-0.2, -0.15) is 0 Å². The molecule has 1 heterocycles. The van der Waals surface area contributed by atoms with Gasteiger partial charge in [0.1, 0.15) is 18.0 Å². The van der Waals surface area contributed by atoms with E-state index >= 15 is 0 Å². The van der Waals surface area contributed by atoms with E-state index in [0.717, 1.165) is 18.0 Å². The molecular weight excluding hydrogens is 418 g/mol. The van der Waals surface area contributed by atoms with Crippen molar-refractivity contribution in [2.24, 2.45) is 0 Å². The molecule has 0 spiro atoms. The number of nitrogens with one attached hydrogen (secondary N) is 2. The molecule has 0 unspecified atom stereocenters. The average molecular weight is 437 g/mol. The molecule has 2 amide bonds. The van der Waals surface area contributed by atoms with Gasteiger partial charge in [0.15, 0.2) is 0 Å². The van der Waals surface area contributed by atoms with Gasteiger partial charge in [-0.25, -0.2) is 13.8 Å². The first-order valence-electron chi connectivity index (χ1n) is 9.34. The van der Waals surface area contributed by atoms with Gasteiger partial charge in [0.2, 0.25) is 5.91 Å². The van der Waals surface area contributed by atoms with E-state index < -0.39 is 23.6 Å². The normalized spacial score (nSPS) is 24.0. The first-order chi connectivity index (χ1) is 14.3. The number of ether oxygens (including phenoxy) is 1. The van der Waals surface area contributed by atoms with Gasteiger partial charge in [-0.3, -0.25) is 14.6 Å². The van der Waals surface area contributed by atoms with Crippen LogP contribution in [-0.4, -0.2) is 39.5 Å². The fourth-order valence-corrected chi connectivity index (χ4v) is 4.36. The number of hydrogen-bond acceptors (Lipinski definition) is 5. The van der Waals surface area contributed by atoms with Gasteiger partial charge in [-0.1, -0.05) is 23.7 Å². The summed E-state index contributed by atoms with van der Waals surface area (Å²) < 4.78 is 30.5.